The van der Waals surface area contributed by atoms with Crippen molar-refractivity contribution in [2.24, 2.45) is 5.16 Å². The van der Waals surface area contributed by atoms with Crippen molar-refractivity contribution in [3.63, 3.8) is 0 Å². The van der Waals surface area contributed by atoms with E-state index in [1.54, 1.807) is 0 Å². The van der Waals surface area contributed by atoms with Crippen LogP contribution < -0.4 is 5.32 Å². The molecule has 1 aliphatic rings. The van der Waals surface area contributed by atoms with Crippen LogP contribution in [0.1, 0.15) is 29.5 Å². The molecule has 0 aromatic heterocycles. The lowest BCUT2D eigenvalue weighted by Gasteiger charge is -2.09. The molecule has 1 aliphatic heterocycles. The summed E-state index contributed by atoms with van der Waals surface area (Å²) in [5, 5.41) is 7.03. The van der Waals surface area contributed by atoms with Gasteiger partial charge in [-0.05, 0) is 37.3 Å². The molecule has 1 amide bonds. The van der Waals surface area contributed by atoms with Gasteiger partial charge in [-0.1, -0.05) is 65.3 Å². The average molecular weight is 336 g/mol. The maximum atomic E-state index is 12.2. The van der Waals surface area contributed by atoms with Gasteiger partial charge in [0.1, 0.15) is 0 Å². The molecular weight excluding hydrogens is 312 g/mol. The van der Waals surface area contributed by atoms with Crippen LogP contribution in [0.15, 0.2) is 59.8 Å². The van der Waals surface area contributed by atoms with Crippen molar-refractivity contribution < 1.29 is 9.63 Å². The van der Waals surface area contributed by atoms with Gasteiger partial charge in [-0.3, -0.25) is 4.79 Å². The normalized spacial score (nSPS) is 16.2. The summed E-state index contributed by atoms with van der Waals surface area (Å²) in [6.45, 7) is 2.68. The van der Waals surface area contributed by atoms with Gasteiger partial charge in [-0.15, -0.1) is 0 Å². The average Bonchev–Trinajstić information content (AvgIpc) is 3.12. The summed E-state index contributed by atoms with van der Waals surface area (Å²) in [5.74, 6) is -0.0782. The van der Waals surface area contributed by atoms with Crippen molar-refractivity contribution in [3.8, 4) is 0 Å². The first-order valence-electron chi connectivity index (χ1n) is 8.79. The van der Waals surface area contributed by atoms with Gasteiger partial charge in [0.15, 0.2) is 0 Å². The van der Waals surface area contributed by atoms with Crippen LogP contribution in [0.3, 0.4) is 0 Å². The molecular formula is C21H24N2O2. The van der Waals surface area contributed by atoms with Crippen LogP contribution >= 0.6 is 0 Å². The highest BCUT2D eigenvalue weighted by Gasteiger charge is 2.27. The van der Waals surface area contributed by atoms with Gasteiger partial charge in [-0.2, -0.15) is 0 Å². The highest BCUT2D eigenvalue weighted by atomic mass is 16.6. The Bertz CT molecular complexity index is 723. The van der Waals surface area contributed by atoms with Gasteiger partial charge >= 0.3 is 0 Å². The molecule has 0 bridgehead atoms. The quantitative estimate of drug-likeness (QED) is 0.842. The first kappa shape index (κ1) is 17.2. The second kappa shape index (κ2) is 8.47. The van der Waals surface area contributed by atoms with Crippen molar-refractivity contribution in [2.75, 3.05) is 6.54 Å². The molecule has 130 valence electrons. The smallest absolute Gasteiger partial charge is 0.264 e. The molecule has 1 heterocycles. The lowest BCUT2D eigenvalue weighted by atomic mass is 10.0. The summed E-state index contributed by atoms with van der Waals surface area (Å²) in [6, 6.07) is 18.7. The van der Waals surface area contributed by atoms with Gasteiger partial charge in [0.2, 0.25) is 6.10 Å². The topological polar surface area (TPSA) is 50.7 Å². The van der Waals surface area contributed by atoms with Crippen molar-refractivity contribution in [2.45, 2.75) is 38.7 Å². The van der Waals surface area contributed by atoms with Crippen molar-refractivity contribution in [3.05, 3.63) is 71.3 Å². The zero-order valence-electron chi connectivity index (χ0n) is 14.6. The van der Waals surface area contributed by atoms with Crippen LogP contribution in [0.5, 0.6) is 0 Å². The van der Waals surface area contributed by atoms with Gasteiger partial charge in [0.05, 0.1) is 5.71 Å². The number of hydrogen-bond donors (Lipinski definition) is 1. The fourth-order valence-corrected chi connectivity index (χ4v) is 2.85. The molecule has 1 atom stereocenters. The molecule has 25 heavy (non-hydrogen) atoms. The molecule has 4 nitrogen and oxygen atoms in total. The van der Waals surface area contributed by atoms with Crippen LogP contribution in [-0.4, -0.2) is 24.3 Å². The minimum Gasteiger partial charge on any atom is -0.382 e. The van der Waals surface area contributed by atoms with E-state index < -0.39 is 6.10 Å². The van der Waals surface area contributed by atoms with E-state index in [2.05, 4.69) is 53.8 Å². The number of oxime groups is 1. The Kier molecular flexibility index (Phi) is 5.83. The largest absolute Gasteiger partial charge is 0.382 e. The van der Waals surface area contributed by atoms with E-state index in [0.29, 0.717) is 13.0 Å². The fraction of sp³-hybridized carbons (Fsp3) is 0.333. The Labute approximate surface area is 148 Å². The molecule has 0 radical (unpaired) electrons. The van der Waals surface area contributed by atoms with Gasteiger partial charge in [-0.25, -0.2) is 0 Å². The summed E-state index contributed by atoms with van der Waals surface area (Å²) in [7, 11) is 0. The highest BCUT2D eigenvalue weighted by Crippen LogP contribution is 2.15. The Morgan fingerprint density at radius 3 is 2.52 bits per heavy atom. The van der Waals surface area contributed by atoms with Crippen LogP contribution in [0.4, 0.5) is 0 Å². The third-order valence-corrected chi connectivity index (χ3v) is 4.40. The summed E-state index contributed by atoms with van der Waals surface area (Å²) in [4.78, 5) is 17.5. The maximum absolute atomic E-state index is 12.2. The molecule has 0 fully saturated rings. The molecule has 0 unspecified atom stereocenters. The molecule has 4 heteroatoms. The summed E-state index contributed by atoms with van der Waals surface area (Å²) in [5.41, 5.74) is 4.70. The zero-order valence-corrected chi connectivity index (χ0v) is 14.6. The Hall–Kier alpha value is -2.62. The highest BCUT2D eigenvalue weighted by molar-refractivity contribution is 5.92. The second-order valence-corrected chi connectivity index (χ2v) is 6.47. The number of aryl methyl sites for hydroxylation is 2. The fourth-order valence-electron chi connectivity index (χ4n) is 2.85. The third-order valence-electron chi connectivity index (χ3n) is 4.40. The minimum atomic E-state index is -0.483. The van der Waals surface area contributed by atoms with E-state index in [1.165, 1.54) is 16.7 Å². The number of carbonyl (C=O) groups excluding carboxylic acids is 1. The van der Waals surface area contributed by atoms with Gasteiger partial charge < -0.3 is 10.2 Å². The maximum Gasteiger partial charge on any atom is 0.264 e. The van der Waals surface area contributed by atoms with Crippen molar-refractivity contribution in [1.29, 1.82) is 0 Å². The molecule has 2 aromatic rings. The number of nitrogens with one attached hydrogen (secondary N) is 1. The lowest BCUT2D eigenvalue weighted by molar-refractivity contribution is -0.131. The molecule has 0 saturated heterocycles. The predicted octanol–water partition coefficient (Wildman–Crippen LogP) is 3.43. The predicted molar refractivity (Wildman–Crippen MR) is 99.6 cm³/mol. The third kappa shape index (κ3) is 5.18. The number of hydrogen-bond acceptors (Lipinski definition) is 3. The molecule has 3 rings (SSSR count). The number of amides is 1. The minimum absolute atomic E-state index is 0.0782. The van der Waals surface area contributed by atoms with E-state index in [1.807, 2.05) is 18.2 Å². The molecule has 0 aliphatic carbocycles. The van der Waals surface area contributed by atoms with Crippen LogP contribution in [0, 0.1) is 6.92 Å². The van der Waals surface area contributed by atoms with Gasteiger partial charge in [0, 0.05) is 13.0 Å². The molecule has 1 N–H and O–H groups in total. The lowest BCUT2D eigenvalue weighted by Crippen LogP contribution is -2.35. The summed E-state index contributed by atoms with van der Waals surface area (Å²) >= 11 is 0. The van der Waals surface area contributed by atoms with E-state index in [9.17, 15) is 4.79 Å². The van der Waals surface area contributed by atoms with E-state index in [0.717, 1.165) is 25.0 Å². The van der Waals surface area contributed by atoms with E-state index >= 15 is 0 Å². The number of carbonyl (C=O) groups is 1. The van der Waals surface area contributed by atoms with Gasteiger partial charge in [0.25, 0.3) is 5.91 Å². The van der Waals surface area contributed by atoms with Crippen molar-refractivity contribution >= 4 is 11.6 Å². The summed E-state index contributed by atoms with van der Waals surface area (Å²) < 4.78 is 0. The Balaban J connectivity index is 1.37. The molecule has 0 saturated carbocycles. The SMILES string of the molecule is Cc1ccc(CCNC(=O)[C@H]2CC(CCc3ccccc3)=NO2)cc1. The van der Waals surface area contributed by atoms with Crippen molar-refractivity contribution in [1.82, 2.24) is 5.32 Å². The molecule has 0 spiro atoms. The van der Waals surface area contributed by atoms with E-state index in [-0.39, 0.29) is 5.91 Å². The molecule has 2 aromatic carbocycles. The van der Waals surface area contributed by atoms with Crippen LogP contribution in [0.25, 0.3) is 0 Å². The monoisotopic (exact) mass is 336 g/mol. The zero-order chi connectivity index (χ0) is 17.5. The Morgan fingerprint density at radius 2 is 1.76 bits per heavy atom. The van der Waals surface area contributed by atoms with Crippen LogP contribution in [-0.2, 0) is 22.5 Å². The van der Waals surface area contributed by atoms with Crippen LogP contribution in [0.2, 0.25) is 0 Å². The Morgan fingerprint density at radius 1 is 1.04 bits per heavy atom. The first-order chi connectivity index (χ1) is 12.2. The number of nitrogens with zero attached hydrogens (tertiary/aromatic N) is 1. The second-order valence-electron chi connectivity index (χ2n) is 6.47. The summed E-state index contributed by atoms with van der Waals surface area (Å²) in [6.07, 6.45) is 2.68. The first-order valence-corrected chi connectivity index (χ1v) is 8.79. The van der Waals surface area contributed by atoms with E-state index in [4.69, 9.17) is 4.84 Å². The number of rotatable bonds is 7. The number of benzene rings is 2. The standard InChI is InChI=1S/C21H24N2O2/c1-16-7-9-18(10-8-16)13-14-22-21(24)20-15-19(23-25-20)12-11-17-5-3-2-4-6-17/h2-10,20H,11-15H2,1H3,(H,22,24)/t20-/m1/s1.